The van der Waals surface area contributed by atoms with Crippen molar-refractivity contribution in [3.05, 3.63) is 0 Å². The zero-order chi connectivity index (χ0) is 38.0. The SMILES string of the molecule is CCCCCCCCCCCOC(=O)CCCCCN(CCO)CCCCCC(=O)OC(CCCCCCCCCC)CCCCCCCCCI. The van der Waals surface area contributed by atoms with Crippen molar-refractivity contribution in [3.8, 4) is 0 Å². The Balaban J connectivity index is 4.12. The largest absolute Gasteiger partial charge is 0.466 e. The van der Waals surface area contributed by atoms with E-state index in [4.69, 9.17) is 9.47 Å². The minimum absolute atomic E-state index is 0.0118. The minimum atomic E-state index is -0.0576. The molecule has 0 heterocycles. The molecule has 0 bridgehead atoms. The van der Waals surface area contributed by atoms with Crippen molar-refractivity contribution < 1.29 is 24.2 Å². The number of carbonyl (C=O) groups is 2. The van der Waals surface area contributed by atoms with Gasteiger partial charge in [0.05, 0.1) is 13.2 Å². The number of aliphatic hydroxyl groups excluding tert-OH is 1. The summed E-state index contributed by atoms with van der Waals surface area (Å²) in [5.74, 6) is -0.0694. The van der Waals surface area contributed by atoms with Gasteiger partial charge in [0, 0.05) is 19.4 Å². The first kappa shape index (κ1) is 51.6. The maximum atomic E-state index is 12.8. The molecule has 0 saturated heterocycles. The summed E-state index contributed by atoms with van der Waals surface area (Å²) in [6, 6.07) is 0. The molecule has 0 spiro atoms. The summed E-state index contributed by atoms with van der Waals surface area (Å²) in [5, 5.41) is 9.57. The summed E-state index contributed by atoms with van der Waals surface area (Å²) >= 11 is 2.47. The number of rotatable bonds is 43. The molecule has 52 heavy (non-hydrogen) atoms. The van der Waals surface area contributed by atoms with Gasteiger partial charge in [0.1, 0.15) is 6.10 Å². The van der Waals surface area contributed by atoms with Crippen LogP contribution in [0.1, 0.15) is 232 Å². The fourth-order valence-electron chi connectivity index (χ4n) is 7.07. The number of esters is 2. The highest BCUT2D eigenvalue weighted by Gasteiger charge is 2.15. The van der Waals surface area contributed by atoms with Crippen LogP contribution in [0.4, 0.5) is 0 Å². The maximum absolute atomic E-state index is 12.8. The van der Waals surface area contributed by atoms with Crippen molar-refractivity contribution >= 4 is 34.5 Å². The molecule has 7 heteroatoms. The van der Waals surface area contributed by atoms with Gasteiger partial charge in [0.25, 0.3) is 0 Å². The average Bonchev–Trinajstić information content (AvgIpc) is 3.14. The predicted molar refractivity (Wildman–Crippen MR) is 232 cm³/mol. The number of hydrogen-bond acceptors (Lipinski definition) is 6. The zero-order valence-corrected chi connectivity index (χ0v) is 36.9. The second-order valence-electron chi connectivity index (χ2n) is 15.6. The number of unbranched alkanes of at least 4 members (excludes halogenated alkanes) is 25. The lowest BCUT2D eigenvalue weighted by Gasteiger charge is -2.21. The first-order valence-corrected chi connectivity index (χ1v) is 24.3. The molecule has 6 nitrogen and oxygen atoms in total. The van der Waals surface area contributed by atoms with Gasteiger partial charge in [0.2, 0.25) is 0 Å². The summed E-state index contributed by atoms with van der Waals surface area (Å²) in [6.07, 6.45) is 40.0. The van der Waals surface area contributed by atoms with Crippen LogP contribution in [0.2, 0.25) is 0 Å². The Bertz CT molecular complexity index is 719. The van der Waals surface area contributed by atoms with Gasteiger partial charge in [-0.2, -0.15) is 0 Å². The molecule has 1 atom stereocenters. The molecular weight excluding hydrogens is 761 g/mol. The van der Waals surface area contributed by atoms with Crippen LogP contribution in [-0.2, 0) is 19.1 Å². The van der Waals surface area contributed by atoms with Crippen LogP contribution in [-0.4, -0.2) is 65.3 Å². The molecule has 1 unspecified atom stereocenters. The van der Waals surface area contributed by atoms with E-state index >= 15 is 0 Å². The molecular formula is C45H88INO5. The van der Waals surface area contributed by atoms with Gasteiger partial charge in [-0.3, -0.25) is 9.59 Å². The summed E-state index contributed by atoms with van der Waals surface area (Å²) < 4.78 is 12.8. The first-order valence-electron chi connectivity index (χ1n) is 22.8. The van der Waals surface area contributed by atoms with Crippen molar-refractivity contribution in [3.63, 3.8) is 0 Å². The van der Waals surface area contributed by atoms with Crippen LogP contribution >= 0.6 is 22.6 Å². The van der Waals surface area contributed by atoms with Gasteiger partial charge in [-0.25, -0.2) is 0 Å². The van der Waals surface area contributed by atoms with Crippen LogP contribution in [0.3, 0.4) is 0 Å². The Morgan fingerprint density at radius 1 is 0.500 bits per heavy atom. The van der Waals surface area contributed by atoms with Crippen LogP contribution in [0.5, 0.6) is 0 Å². The Kier molecular flexibility index (Phi) is 43.0. The number of alkyl halides is 1. The van der Waals surface area contributed by atoms with Crippen molar-refractivity contribution in [2.75, 3.05) is 37.3 Å². The molecule has 1 N–H and O–H groups in total. The van der Waals surface area contributed by atoms with E-state index in [1.54, 1.807) is 0 Å². The Labute approximate surface area is 337 Å². The van der Waals surface area contributed by atoms with Crippen LogP contribution in [0, 0.1) is 0 Å². The Morgan fingerprint density at radius 3 is 1.37 bits per heavy atom. The minimum Gasteiger partial charge on any atom is -0.466 e. The number of halogens is 1. The van der Waals surface area contributed by atoms with Gasteiger partial charge in [-0.1, -0.05) is 178 Å². The van der Waals surface area contributed by atoms with Crippen molar-refractivity contribution in [1.29, 1.82) is 0 Å². The molecule has 0 aromatic heterocycles. The third-order valence-corrected chi connectivity index (χ3v) is 11.2. The summed E-state index contributed by atoms with van der Waals surface area (Å²) in [4.78, 5) is 27.3. The van der Waals surface area contributed by atoms with E-state index in [1.807, 2.05) is 0 Å². The van der Waals surface area contributed by atoms with Gasteiger partial charge in [-0.15, -0.1) is 0 Å². The molecule has 0 aliphatic carbocycles. The molecule has 0 aromatic rings. The normalized spacial score (nSPS) is 12.1. The highest BCUT2D eigenvalue weighted by Crippen LogP contribution is 2.19. The van der Waals surface area contributed by atoms with Crippen molar-refractivity contribution in [2.24, 2.45) is 0 Å². The highest BCUT2D eigenvalue weighted by molar-refractivity contribution is 14.1. The Morgan fingerprint density at radius 2 is 0.904 bits per heavy atom. The lowest BCUT2D eigenvalue weighted by Crippen LogP contribution is -2.29. The van der Waals surface area contributed by atoms with Gasteiger partial charge < -0.3 is 19.5 Å². The van der Waals surface area contributed by atoms with Crippen LogP contribution in [0.15, 0.2) is 0 Å². The van der Waals surface area contributed by atoms with Crippen molar-refractivity contribution in [2.45, 2.75) is 238 Å². The average molecular weight is 850 g/mol. The van der Waals surface area contributed by atoms with E-state index in [0.29, 0.717) is 26.0 Å². The molecule has 0 aliphatic rings. The number of aliphatic hydroxyl groups is 1. The molecule has 0 saturated carbocycles. The summed E-state index contributed by atoms with van der Waals surface area (Å²) in [7, 11) is 0. The van der Waals surface area contributed by atoms with E-state index < -0.39 is 0 Å². The molecule has 0 amide bonds. The van der Waals surface area contributed by atoms with Gasteiger partial charge in [0.15, 0.2) is 0 Å². The lowest BCUT2D eigenvalue weighted by atomic mass is 10.0. The van der Waals surface area contributed by atoms with Gasteiger partial charge in [-0.05, 0) is 81.7 Å². The number of carbonyl (C=O) groups excluding carboxylic acids is 2. The molecule has 0 rings (SSSR count). The zero-order valence-electron chi connectivity index (χ0n) is 34.8. The lowest BCUT2D eigenvalue weighted by molar-refractivity contribution is -0.150. The summed E-state index contributed by atoms with van der Waals surface area (Å²) in [6.45, 7) is 7.82. The predicted octanol–water partition coefficient (Wildman–Crippen LogP) is 13.5. The van der Waals surface area contributed by atoms with E-state index in [9.17, 15) is 14.7 Å². The molecule has 0 aliphatic heterocycles. The number of nitrogens with zero attached hydrogens (tertiary/aromatic N) is 1. The molecule has 310 valence electrons. The number of ether oxygens (including phenoxy) is 2. The standard InChI is InChI=1S/C45H88INO5/c1-3-5-7-9-11-13-18-22-32-42-51-44(49)35-27-23-30-38-47(40-41-48)39-31-24-28-36-45(50)52-43(33-25-19-15-12-10-8-6-4-2)34-26-20-16-14-17-21-29-37-46/h43,48H,3-42H2,1-2H3. The highest BCUT2D eigenvalue weighted by atomic mass is 127. The molecule has 0 radical (unpaired) electrons. The quantitative estimate of drug-likeness (QED) is 0.0285. The fraction of sp³-hybridized carbons (Fsp3) is 0.956. The third kappa shape index (κ3) is 39.3. The smallest absolute Gasteiger partial charge is 0.306 e. The summed E-state index contributed by atoms with van der Waals surface area (Å²) in [5.41, 5.74) is 0. The number of hydrogen-bond donors (Lipinski definition) is 1. The van der Waals surface area contributed by atoms with Crippen LogP contribution in [0.25, 0.3) is 0 Å². The molecule has 0 aromatic carbocycles. The van der Waals surface area contributed by atoms with E-state index in [2.05, 4.69) is 41.3 Å². The topological polar surface area (TPSA) is 76.1 Å². The Hall–Kier alpha value is -0.410. The molecule has 0 fully saturated rings. The second-order valence-corrected chi connectivity index (χ2v) is 16.6. The third-order valence-electron chi connectivity index (χ3n) is 10.5. The monoisotopic (exact) mass is 850 g/mol. The first-order chi connectivity index (χ1) is 25.6. The van der Waals surface area contributed by atoms with Crippen LogP contribution < -0.4 is 0 Å². The fourth-order valence-corrected chi connectivity index (χ4v) is 7.61. The van der Waals surface area contributed by atoms with E-state index in [-0.39, 0.29) is 24.6 Å². The second kappa shape index (κ2) is 43.3. The van der Waals surface area contributed by atoms with E-state index in [1.165, 1.54) is 146 Å². The maximum Gasteiger partial charge on any atom is 0.306 e. The van der Waals surface area contributed by atoms with E-state index in [0.717, 1.165) is 77.3 Å². The van der Waals surface area contributed by atoms with Gasteiger partial charge >= 0.3 is 11.9 Å². The van der Waals surface area contributed by atoms with Crippen molar-refractivity contribution in [1.82, 2.24) is 4.90 Å².